The summed E-state index contributed by atoms with van der Waals surface area (Å²) in [6, 6.07) is 8.49. The SMILES string of the molecule is CCC(CC#N)Oc1cc(C(C)C)ccc1C. The van der Waals surface area contributed by atoms with Gasteiger partial charge in [-0.2, -0.15) is 5.26 Å². The molecule has 92 valence electrons. The summed E-state index contributed by atoms with van der Waals surface area (Å²) >= 11 is 0. The summed E-state index contributed by atoms with van der Waals surface area (Å²) in [7, 11) is 0. The molecular formula is C15H21NO. The topological polar surface area (TPSA) is 33.0 Å². The summed E-state index contributed by atoms with van der Waals surface area (Å²) in [4.78, 5) is 0. The molecule has 0 saturated heterocycles. The molecular weight excluding hydrogens is 210 g/mol. The minimum absolute atomic E-state index is 0.00103. The van der Waals surface area contributed by atoms with E-state index in [0.29, 0.717) is 12.3 Å². The maximum absolute atomic E-state index is 8.73. The number of hydrogen-bond acceptors (Lipinski definition) is 2. The minimum Gasteiger partial charge on any atom is -0.489 e. The highest BCUT2D eigenvalue weighted by Crippen LogP contribution is 2.26. The molecule has 0 radical (unpaired) electrons. The Balaban J connectivity index is 2.89. The van der Waals surface area contributed by atoms with E-state index in [9.17, 15) is 0 Å². The Kier molecular flexibility index (Phi) is 5.03. The van der Waals surface area contributed by atoms with Gasteiger partial charge in [0.05, 0.1) is 12.5 Å². The highest BCUT2D eigenvalue weighted by Gasteiger charge is 2.10. The Labute approximate surface area is 104 Å². The van der Waals surface area contributed by atoms with E-state index < -0.39 is 0 Å². The van der Waals surface area contributed by atoms with E-state index in [4.69, 9.17) is 10.00 Å². The van der Waals surface area contributed by atoms with Crippen LogP contribution in [0.2, 0.25) is 0 Å². The van der Waals surface area contributed by atoms with Gasteiger partial charge in [-0.05, 0) is 36.5 Å². The van der Waals surface area contributed by atoms with Crippen molar-refractivity contribution in [2.45, 2.75) is 52.6 Å². The molecule has 1 rings (SSSR count). The van der Waals surface area contributed by atoms with E-state index in [-0.39, 0.29) is 6.10 Å². The second kappa shape index (κ2) is 6.30. The van der Waals surface area contributed by atoms with Gasteiger partial charge >= 0.3 is 0 Å². The first kappa shape index (κ1) is 13.6. The first-order valence-electron chi connectivity index (χ1n) is 6.22. The third-order valence-electron chi connectivity index (χ3n) is 2.95. The van der Waals surface area contributed by atoms with Gasteiger partial charge in [-0.1, -0.05) is 32.9 Å². The third-order valence-corrected chi connectivity index (χ3v) is 2.95. The molecule has 0 spiro atoms. The summed E-state index contributed by atoms with van der Waals surface area (Å²) in [6.07, 6.45) is 1.31. The van der Waals surface area contributed by atoms with Gasteiger partial charge in [0.1, 0.15) is 11.9 Å². The molecule has 0 N–H and O–H groups in total. The van der Waals surface area contributed by atoms with Crippen LogP contribution in [0, 0.1) is 18.3 Å². The summed E-state index contributed by atoms with van der Waals surface area (Å²) in [5, 5.41) is 8.73. The van der Waals surface area contributed by atoms with Crippen LogP contribution in [-0.2, 0) is 0 Å². The van der Waals surface area contributed by atoms with Crippen LogP contribution in [0.15, 0.2) is 18.2 Å². The summed E-state index contributed by atoms with van der Waals surface area (Å²) in [5.41, 5.74) is 2.41. The van der Waals surface area contributed by atoms with Crippen LogP contribution in [0.5, 0.6) is 5.75 Å². The van der Waals surface area contributed by atoms with Gasteiger partial charge in [0, 0.05) is 0 Å². The van der Waals surface area contributed by atoms with Gasteiger partial charge in [0.2, 0.25) is 0 Å². The molecule has 0 amide bonds. The van der Waals surface area contributed by atoms with Gasteiger partial charge in [0.15, 0.2) is 0 Å². The molecule has 17 heavy (non-hydrogen) atoms. The van der Waals surface area contributed by atoms with Crippen molar-refractivity contribution in [3.8, 4) is 11.8 Å². The fourth-order valence-electron chi connectivity index (χ4n) is 1.65. The molecule has 0 fully saturated rings. The zero-order valence-electron chi connectivity index (χ0n) is 11.2. The largest absolute Gasteiger partial charge is 0.489 e. The van der Waals surface area contributed by atoms with Crippen molar-refractivity contribution >= 4 is 0 Å². The molecule has 0 aliphatic carbocycles. The lowest BCUT2D eigenvalue weighted by molar-refractivity contribution is 0.200. The Hall–Kier alpha value is -1.49. The summed E-state index contributed by atoms with van der Waals surface area (Å²) in [6.45, 7) is 8.42. The predicted molar refractivity (Wildman–Crippen MR) is 70.2 cm³/mol. The maximum atomic E-state index is 8.73. The van der Waals surface area contributed by atoms with Crippen molar-refractivity contribution in [1.82, 2.24) is 0 Å². The highest BCUT2D eigenvalue weighted by molar-refractivity contribution is 5.38. The second-order valence-corrected chi connectivity index (χ2v) is 4.69. The highest BCUT2D eigenvalue weighted by atomic mass is 16.5. The molecule has 2 nitrogen and oxygen atoms in total. The number of benzene rings is 1. The van der Waals surface area contributed by atoms with E-state index in [1.54, 1.807) is 0 Å². The van der Waals surface area contributed by atoms with Crippen LogP contribution in [0.3, 0.4) is 0 Å². The van der Waals surface area contributed by atoms with Crippen molar-refractivity contribution in [2.75, 3.05) is 0 Å². The van der Waals surface area contributed by atoms with E-state index >= 15 is 0 Å². The number of nitriles is 1. The van der Waals surface area contributed by atoms with Gasteiger partial charge in [-0.15, -0.1) is 0 Å². The van der Waals surface area contributed by atoms with Gasteiger partial charge in [-0.25, -0.2) is 0 Å². The first-order chi connectivity index (χ1) is 8.08. The lowest BCUT2D eigenvalue weighted by Gasteiger charge is -2.18. The summed E-state index contributed by atoms with van der Waals surface area (Å²) in [5.74, 6) is 1.41. The van der Waals surface area contributed by atoms with Crippen LogP contribution in [0.4, 0.5) is 0 Å². The Morgan fingerprint density at radius 1 is 1.35 bits per heavy atom. The standard InChI is InChI=1S/C15H21NO/c1-5-14(8-9-16)17-15-10-13(11(2)3)7-6-12(15)4/h6-7,10-11,14H,5,8H2,1-4H3. The van der Waals surface area contributed by atoms with Crippen LogP contribution in [0.25, 0.3) is 0 Å². The zero-order valence-corrected chi connectivity index (χ0v) is 11.2. The minimum atomic E-state index is 0.00103. The molecule has 1 atom stereocenters. The van der Waals surface area contributed by atoms with Crippen molar-refractivity contribution in [1.29, 1.82) is 5.26 Å². The molecule has 0 saturated carbocycles. The lowest BCUT2D eigenvalue weighted by Crippen LogP contribution is -2.15. The molecule has 0 bridgehead atoms. The third kappa shape index (κ3) is 3.78. The fourth-order valence-corrected chi connectivity index (χ4v) is 1.65. The molecule has 0 aliphatic heterocycles. The first-order valence-corrected chi connectivity index (χ1v) is 6.22. The number of aryl methyl sites for hydroxylation is 1. The quantitative estimate of drug-likeness (QED) is 0.761. The van der Waals surface area contributed by atoms with E-state index in [2.05, 4.69) is 38.1 Å². The fraction of sp³-hybridized carbons (Fsp3) is 0.533. The van der Waals surface area contributed by atoms with E-state index in [0.717, 1.165) is 17.7 Å². The van der Waals surface area contributed by atoms with Crippen LogP contribution in [0.1, 0.15) is 50.7 Å². The number of hydrogen-bond donors (Lipinski definition) is 0. The molecule has 0 aliphatic rings. The predicted octanol–water partition coefficient (Wildman–Crippen LogP) is 4.19. The average Bonchev–Trinajstić information content (AvgIpc) is 2.30. The Morgan fingerprint density at radius 3 is 2.59 bits per heavy atom. The van der Waals surface area contributed by atoms with Crippen molar-refractivity contribution in [2.24, 2.45) is 0 Å². The van der Waals surface area contributed by atoms with E-state index in [1.807, 2.05) is 13.8 Å². The van der Waals surface area contributed by atoms with Gasteiger partial charge in [-0.3, -0.25) is 0 Å². The van der Waals surface area contributed by atoms with Crippen LogP contribution < -0.4 is 4.74 Å². The van der Waals surface area contributed by atoms with Gasteiger partial charge < -0.3 is 4.74 Å². The zero-order chi connectivity index (χ0) is 12.8. The number of rotatable bonds is 5. The van der Waals surface area contributed by atoms with Crippen LogP contribution in [-0.4, -0.2) is 6.10 Å². The van der Waals surface area contributed by atoms with Crippen molar-refractivity contribution in [3.05, 3.63) is 29.3 Å². The molecule has 1 aromatic rings. The molecule has 1 unspecified atom stereocenters. The number of nitrogens with zero attached hydrogens (tertiary/aromatic N) is 1. The monoisotopic (exact) mass is 231 g/mol. The Morgan fingerprint density at radius 2 is 2.06 bits per heavy atom. The van der Waals surface area contributed by atoms with Gasteiger partial charge in [0.25, 0.3) is 0 Å². The second-order valence-electron chi connectivity index (χ2n) is 4.69. The summed E-state index contributed by atoms with van der Waals surface area (Å²) < 4.78 is 5.90. The van der Waals surface area contributed by atoms with Crippen molar-refractivity contribution in [3.63, 3.8) is 0 Å². The normalized spacial score (nSPS) is 12.2. The average molecular weight is 231 g/mol. The Bertz CT molecular complexity index is 404. The number of ether oxygens (including phenoxy) is 1. The lowest BCUT2D eigenvalue weighted by atomic mass is 10.0. The molecule has 2 heteroatoms. The molecule has 0 aromatic heterocycles. The maximum Gasteiger partial charge on any atom is 0.122 e. The van der Waals surface area contributed by atoms with Crippen LogP contribution >= 0.6 is 0 Å². The smallest absolute Gasteiger partial charge is 0.122 e. The van der Waals surface area contributed by atoms with E-state index in [1.165, 1.54) is 5.56 Å². The molecule has 1 aromatic carbocycles. The molecule has 0 heterocycles. The van der Waals surface area contributed by atoms with Crippen molar-refractivity contribution < 1.29 is 4.74 Å².